The van der Waals surface area contributed by atoms with Crippen molar-refractivity contribution in [3.63, 3.8) is 0 Å². The maximum atomic E-state index is 12.5. The molecule has 0 amide bonds. The number of benzene rings is 2. The van der Waals surface area contributed by atoms with Gasteiger partial charge in [0.1, 0.15) is 0 Å². The van der Waals surface area contributed by atoms with Crippen LogP contribution in [0.3, 0.4) is 0 Å². The molecule has 0 spiro atoms. The minimum Gasteiger partial charge on any atom is -0.478 e. The molecule has 22 heavy (non-hydrogen) atoms. The Kier molecular flexibility index (Phi) is 7.21. The maximum Gasteiger partial charge on any atom is 0.338 e. The molecule has 109 valence electrons. The van der Waals surface area contributed by atoms with Crippen LogP contribution in [0.2, 0.25) is 20.1 Å². The summed E-state index contributed by atoms with van der Waals surface area (Å²) in [6.07, 6.45) is 0. The van der Waals surface area contributed by atoms with Crippen LogP contribution in [-0.4, -0.2) is 46.4 Å². The molecular weight excluding hydrogens is 381 g/mol. The van der Waals surface area contributed by atoms with E-state index in [9.17, 15) is 14.7 Å². The Morgan fingerprint density at radius 1 is 0.773 bits per heavy atom. The van der Waals surface area contributed by atoms with Crippen molar-refractivity contribution in [3.8, 4) is 0 Å². The molecule has 2 rings (SSSR count). The Labute approximate surface area is 168 Å². The van der Waals surface area contributed by atoms with Crippen LogP contribution in [0.1, 0.15) is 26.3 Å². The topological polar surface area (TPSA) is 54.4 Å². The van der Waals surface area contributed by atoms with Gasteiger partial charge in [-0.3, -0.25) is 4.79 Å². The number of rotatable bonds is 3. The Morgan fingerprint density at radius 3 is 1.68 bits per heavy atom. The molecule has 0 aliphatic heterocycles. The van der Waals surface area contributed by atoms with Crippen molar-refractivity contribution in [3.05, 3.63) is 67.1 Å². The number of aromatic carboxylic acids is 1. The first-order valence-corrected chi connectivity index (χ1v) is 7.06. The van der Waals surface area contributed by atoms with Crippen LogP contribution >= 0.6 is 46.4 Å². The first kappa shape index (κ1) is 19.8. The molecule has 2 aromatic rings. The fourth-order valence-electron chi connectivity index (χ4n) is 1.78. The van der Waals surface area contributed by atoms with Crippen molar-refractivity contribution in [2.24, 2.45) is 0 Å². The van der Waals surface area contributed by atoms with Crippen molar-refractivity contribution in [2.75, 3.05) is 0 Å². The summed E-state index contributed by atoms with van der Waals surface area (Å²) in [6, 6.07) is 8.06. The fourth-order valence-corrected chi connectivity index (χ4v) is 2.80. The van der Waals surface area contributed by atoms with Gasteiger partial charge in [-0.05, 0) is 0 Å². The summed E-state index contributed by atoms with van der Waals surface area (Å²) in [6.45, 7) is 0. The van der Waals surface area contributed by atoms with Crippen molar-refractivity contribution in [2.45, 2.75) is 0 Å². The van der Waals surface area contributed by atoms with E-state index in [2.05, 4.69) is 0 Å². The number of carbonyl (C=O) groups excluding carboxylic acids is 1. The van der Waals surface area contributed by atoms with Crippen LogP contribution in [0.25, 0.3) is 0 Å². The molecular formula is C14H6Cl4NaO3. The molecule has 0 atom stereocenters. The number of hydrogen-bond donors (Lipinski definition) is 1. The van der Waals surface area contributed by atoms with Gasteiger partial charge in [0.05, 0.1) is 31.2 Å². The Morgan fingerprint density at radius 2 is 1.23 bits per heavy atom. The van der Waals surface area contributed by atoms with Gasteiger partial charge in [-0.15, -0.1) is 0 Å². The Bertz CT molecular complexity index is 748. The summed E-state index contributed by atoms with van der Waals surface area (Å²) in [5.41, 5.74) is -0.490. The predicted molar refractivity (Wildman–Crippen MR) is 89.1 cm³/mol. The summed E-state index contributed by atoms with van der Waals surface area (Å²) in [5.74, 6) is -2.02. The molecule has 1 N–H and O–H groups in total. The van der Waals surface area contributed by atoms with E-state index in [4.69, 9.17) is 46.4 Å². The summed E-state index contributed by atoms with van der Waals surface area (Å²) in [4.78, 5) is 23.9. The average molecular weight is 387 g/mol. The zero-order valence-corrected chi connectivity index (χ0v) is 16.2. The van der Waals surface area contributed by atoms with Gasteiger partial charge in [-0.25, -0.2) is 4.79 Å². The van der Waals surface area contributed by atoms with Crippen LogP contribution < -0.4 is 0 Å². The third-order valence-electron chi connectivity index (χ3n) is 2.74. The quantitative estimate of drug-likeness (QED) is 0.355. The summed E-state index contributed by atoms with van der Waals surface area (Å²) in [5, 5.41) is 8.36. The van der Waals surface area contributed by atoms with Gasteiger partial charge >= 0.3 is 5.97 Å². The first-order valence-electron chi connectivity index (χ1n) is 5.55. The second kappa shape index (κ2) is 8.02. The molecule has 0 aliphatic carbocycles. The van der Waals surface area contributed by atoms with E-state index in [1.54, 1.807) is 18.2 Å². The molecule has 0 aromatic heterocycles. The van der Waals surface area contributed by atoms with Crippen molar-refractivity contribution >= 4 is 87.7 Å². The van der Waals surface area contributed by atoms with Crippen LogP contribution in [0.5, 0.6) is 0 Å². The zero-order chi connectivity index (χ0) is 15.7. The van der Waals surface area contributed by atoms with E-state index in [0.717, 1.165) is 0 Å². The van der Waals surface area contributed by atoms with E-state index < -0.39 is 17.3 Å². The molecule has 0 saturated heterocycles. The molecule has 1 radical (unpaired) electrons. The molecule has 2 aromatic carbocycles. The molecule has 0 aliphatic rings. The number of carbonyl (C=O) groups is 2. The van der Waals surface area contributed by atoms with Gasteiger partial charge in [-0.2, -0.15) is 0 Å². The van der Waals surface area contributed by atoms with Crippen molar-refractivity contribution < 1.29 is 14.7 Å². The maximum absolute atomic E-state index is 12.5. The normalized spacial score (nSPS) is 10.0. The minimum atomic E-state index is -1.42. The molecule has 0 bridgehead atoms. The van der Waals surface area contributed by atoms with Crippen LogP contribution in [0.4, 0.5) is 0 Å². The van der Waals surface area contributed by atoms with Gasteiger partial charge in [0.25, 0.3) is 0 Å². The molecule has 0 unspecified atom stereocenters. The van der Waals surface area contributed by atoms with Crippen LogP contribution in [0, 0.1) is 0 Å². The fraction of sp³-hybridized carbons (Fsp3) is 0. The second-order valence-corrected chi connectivity index (χ2v) is 5.52. The van der Waals surface area contributed by atoms with E-state index in [1.165, 1.54) is 12.1 Å². The van der Waals surface area contributed by atoms with Gasteiger partial charge in [0.15, 0.2) is 5.78 Å². The molecule has 0 heterocycles. The number of carboxylic acid groups (broad SMARTS) is 1. The van der Waals surface area contributed by atoms with Gasteiger partial charge in [0.2, 0.25) is 0 Å². The van der Waals surface area contributed by atoms with Gasteiger partial charge < -0.3 is 5.11 Å². The van der Waals surface area contributed by atoms with Gasteiger partial charge in [-0.1, -0.05) is 76.7 Å². The Balaban J connectivity index is 0.00000242. The standard InChI is InChI=1S/C14H6Cl4O3.Na/c15-9-7(13(19)6-4-2-1-3-5-6)8(14(20)21)10(16)12(18)11(9)17;/h1-5H,(H,20,21);. The Hall–Kier alpha value is -0.260. The third kappa shape index (κ3) is 3.62. The van der Waals surface area contributed by atoms with Crippen molar-refractivity contribution in [1.82, 2.24) is 0 Å². The van der Waals surface area contributed by atoms with Gasteiger partial charge in [0, 0.05) is 35.1 Å². The van der Waals surface area contributed by atoms with Crippen LogP contribution in [0.15, 0.2) is 30.3 Å². The average Bonchev–Trinajstić information content (AvgIpc) is 2.48. The SMILES string of the molecule is O=C(O)c1c(Cl)c(Cl)c(Cl)c(Cl)c1C(=O)c1ccccc1.[Na]. The third-order valence-corrected chi connectivity index (χ3v) is 4.55. The molecule has 3 nitrogen and oxygen atoms in total. The summed E-state index contributed by atoms with van der Waals surface area (Å²) < 4.78 is 0. The number of halogens is 4. The van der Waals surface area contributed by atoms with E-state index >= 15 is 0 Å². The van der Waals surface area contributed by atoms with Crippen LogP contribution in [-0.2, 0) is 0 Å². The van der Waals surface area contributed by atoms with E-state index in [-0.39, 0.29) is 60.8 Å². The zero-order valence-electron chi connectivity index (χ0n) is 11.2. The molecule has 0 fully saturated rings. The summed E-state index contributed by atoms with van der Waals surface area (Å²) >= 11 is 23.6. The number of ketones is 1. The monoisotopic (exact) mass is 385 g/mol. The number of carboxylic acids is 1. The first-order chi connectivity index (χ1) is 9.86. The minimum absolute atomic E-state index is 0. The summed E-state index contributed by atoms with van der Waals surface area (Å²) in [7, 11) is 0. The van der Waals surface area contributed by atoms with E-state index in [0.29, 0.717) is 0 Å². The largest absolute Gasteiger partial charge is 0.478 e. The second-order valence-electron chi connectivity index (χ2n) is 4.01. The molecule has 0 saturated carbocycles. The molecule has 8 heteroatoms. The van der Waals surface area contributed by atoms with E-state index in [1.807, 2.05) is 0 Å². The van der Waals surface area contributed by atoms with Crippen molar-refractivity contribution in [1.29, 1.82) is 0 Å². The smallest absolute Gasteiger partial charge is 0.338 e. The predicted octanol–water partition coefficient (Wildman–Crippen LogP) is 4.85. The number of hydrogen-bond acceptors (Lipinski definition) is 2.